The first-order valence-corrected chi connectivity index (χ1v) is 7.72. The lowest BCUT2D eigenvalue weighted by Crippen LogP contribution is -2.23. The molecule has 0 saturated heterocycles. The first-order chi connectivity index (χ1) is 9.65. The molecule has 0 saturated carbocycles. The van der Waals surface area contributed by atoms with Gasteiger partial charge in [0, 0.05) is 10.0 Å². The molecule has 3 heteroatoms. The van der Waals surface area contributed by atoms with Crippen LogP contribution in [0.15, 0.2) is 46.9 Å². The van der Waals surface area contributed by atoms with Crippen LogP contribution < -0.4 is 5.32 Å². The van der Waals surface area contributed by atoms with Crippen LogP contribution in [0.3, 0.4) is 0 Å². The van der Waals surface area contributed by atoms with E-state index in [0.29, 0.717) is 5.56 Å². The lowest BCUT2D eigenvalue weighted by atomic mass is 9.97. The first-order valence-electron chi connectivity index (χ1n) is 6.92. The topological polar surface area (TPSA) is 12.0 Å². The van der Waals surface area contributed by atoms with Gasteiger partial charge in [-0.25, -0.2) is 4.39 Å². The molecule has 0 radical (unpaired) electrons. The zero-order chi connectivity index (χ0) is 14.5. The molecule has 2 aromatic carbocycles. The van der Waals surface area contributed by atoms with E-state index in [4.69, 9.17) is 0 Å². The average Bonchev–Trinajstić information content (AvgIpc) is 2.48. The minimum Gasteiger partial charge on any atom is -0.306 e. The summed E-state index contributed by atoms with van der Waals surface area (Å²) in [6.45, 7) is 4.94. The van der Waals surface area contributed by atoms with E-state index < -0.39 is 0 Å². The number of hydrogen-bond acceptors (Lipinski definition) is 1. The molecule has 0 aliphatic rings. The Morgan fingerprint density at radius 2 is 1.80 bits per heavy atom. The van der Waals surface area contributed by atoms with Gasteiger partial charge in [-0.2, -0.15) is 0 Å². The summed E-state index contributed by atoms with van der Waals surface area (Å²) < 4.78 is 15.0. The van der Waals surface area contributed by atoms with Crippen LogP contribution in [0.5, 0.6) is 0 Å². The second-order valence-corrected chi connectivity index (χ2v) is 5.67. The Morgan fingerprint density at radius 3 is 2.40 bits per heavy atom. The third-order valence-corrected chi connectivity index (χ3v) is 3.89. The number of aryl methyl sites for hydroxylation is 1. The smallest absolute Gasteiger partial charge is 0.128 e. The minimum atomic E-state index is -0.182. The SMILES string of the molecule is CCNC(c1ccc(CC)cc1)c1cc(Br)ccc1F. The van der Waals surface area contributed by atoms with Crippen molar-refractivity contribution < 1.29 is 4.39 Å². The first kappa shape index (κ1) is 15.2. The lowest BCUT2D eigenvalue weighted by Gasteiger charge is -2.20. The summed E-state index contributed by atoms with van der Waals surface area (Å²) in [4.78, 5) is 0. The molecule has 1 nitrogen and oxygen atoms in total. The van der Waals surface area contributed by atoms with Crippen LogP contribution in [0, 0.1) is 5.82 Å². The van der Waals surface area contributed by atoms with Crippen molar-refractivity contribution in [3.8, 4) is 0 Å². The molecule has 0 aliphatic heterocycles. The molecule has 1 atom stereocenters. The maximum absolute atomic E-state index is 14.1. The number of nitrogens with one attached hydrogen (secondary N) is 1. The number of rotatable bonds is 5. The van der Waals surface area contributed by atoms with Gasteiger partial charge in [0.15, 0.2) is 0 Å². The third-order valence-electron chi connectivity index (χ3n) is 3.40. The Bertz CT molecular complexity index is 566. The van der Waals surface area contributed by atoms with E-state index in [1.54, 1.807) is 6.07 Å². The van der Waals surface area contributed by atoms with Crippen molar-refractivity contribution in [2.24, 2.45) is 0 Å². The minimum absolute atomic E-state index is 0.122. The van der Waals surface area contributed by atoms with Gasteiger partial charge in [0.05, 0.1) is 6.04 Å². The standard InChI is InChI=1S/C17H19BrFN/c1-3-12-5-7-13(8-6-12)17(20-4-2)15-11-14(18)9-10-16(15)19/h5-11,17,20H,3-4H2,1-2H3. The Balaban J connectivity index is 2.41. The van der Waals surface area contributed by atoms with Crippen molar-refractivity contribution in [3.63, 3.8) is 0 Å². The van der Waals surface area contributed by atoms with Crippen LogP contribution >= 0.6 is 15.9 Å². The molecule has 20 heavy (non-hydrogen) atoms. The molecule has 0 spiro atoms. The normalized spacial score (nSPS) is 12.4. The summed E-state index contributed by atoms with van der Waals surface area (Å²) in [7, 11) is 0. The van der Waals surface area contributed by atoms with E-state index in [0.717, 1.165) is 23.0 Å². The number of halogens is 2. The molecular weight excluding hydrogens is 317 g/mol. The molecule has 0 amide bonds. The van der Waals surface area contributed by atoms with Gasteiger partial charge in [-0.05, 0) is 42.3 Å². The van der Waals surface area contributed by atoms with Crippen LogP contribution in [-0.2, 0) is 6.42 Å². The van der Waals surface area contributed by atoms with E-state index in [2.05, 4.69) is 52.4 Å². The molecular formula is C17H19BrFN. The Hall–Kier alpha value is -1.19. The van der Waals surface area contributed by atoms with Crippen LogP contribution in [-0.4, -0.2) is 6.54 Å². The Kier molecular flexibility index (Phi) is 5.32. The Labute approximate surface area is 128 Å². The fraction of sp³-hybridized carbons (Fsp3) is 0.294. The van der Waals surface area contributed by atoms with Gasteiger partial charge in [-0.15, -0.1) is 0 Å². The van der Waals surface area contributed by atoms with Gasteiger partial charge in [0.1, 0.15) is 5.82 Å². The van der Waals surface area contributed by atoms with Crippen LogP contribution in [0.4, 0.5) is 4.39 Å². The second kappa shape index (κ2) is 7.00. The van der Waals surface area contributed by atoms with E-state index in [9.17, 15) is 4.39 Å². The molecule has 2 aromatic rings. The third kappa shape index (κ3) is 3.47. The summed E-state index contributed by atoms with van der Waals surface area (Å²) in [6.07, 6.45) is 1.01. The van der Waals surface area contributed by atoms with Crippen molar-refractivity contribution in [2.75, 3.05) is 6.54 Å². The highest BCUT2D eigenvalue weighted by molar-refractivity contribution is 9.10. The summed E-state index contributed by atoms with van der Waals surface area (Å²) in [5.74, 6) is -0.182. The molecule has 0 bridgehead atoms. The quantitative estimate of drug-likeness (QED) is 0.823. The van der Waals surface area contributed by atoms with E-state index in [-0.39, 0.29) is 11.9 Å². The van der Waals surface area contributed by atoms with Gasteiger partial charge in [-0.3, -0.25) is 0 Å². The molecule has 2 rings (SSSR count). The highest BCUT2D eigenvalue weighted by atomic mass is 79.9. The predicted molar refractivity (Wildman–Crippen MR) is 85.4 cm³/mol. The highest BCUT2D eigenvalue weighted by Gasteiger charge is 2.17. The van der Waals surface area contributed by atoms with Gasteiger partial charge in [-0.1, -0.05) is 54.0 Å². The monoisotopic (exact) mass is 335 g/mol. The van der Waals surface area contributed by atoms with Crippen molar-refractivity contribution in [1.29, 1.82) is 0 Å². The van der Waals surface area contributed by atoms with E-state index in [1.807, 2.05) is 13.0 Å². The molecule has 0 aromatic heterocycles. The van der Waals surface area contributed by atoms with Crippen LogP contribution in [0.1, 0.15) is 36.6 Å². The number of benzene rings is 2. The van der Waals surface area contributed by atoms with Crippen LogP contribution in [0.25, 0.3) is 0 Å². The second-order valence-electron chi connectivity index (χ2n) is 4.75. The maximum Gasteiger partial charge on any atom is 0.128 e. The van der Waals surface area contributed by atoms with E-state index >= 15 is 0 Å². The molecule has 0 aliphatic carbocycles. The molecule has 0 heterocycles. The lowest BCUT2D eigenvalue weighted by molar-refractivity contribution is 0.558. The Morgan fingerprint density at radius 1 is 1.10 bits per heavy atom. The van der Waals surface area contributed by atoms with Gasteiger partial charge in [0.25, 0.3) is 0 Å². The molecule has 106 valence electrons. The summed E-state index contributed by atoms with van der Waals surface area (Å²) in [6, 6.07) is 13.3. The summed E-state index contributed by atoms with van der Waals surface area (Å²) in [5, 5.41) is 3.36. The summed E-state index contributed by atoms with van der Waals surface area (Å²) in [5.41, 5.74) is 3.05. The highest BCUT2D eigenvalue weighted by Crippen LogP contribution is 2.27. The molecule has 1 unspecified atom stereocenters. The zero-order valence-electron chi connectivity index (χ0n) is 11.8. The van der Waals surface area contributed by atoms with Crippen molar-refractivity contribution in [3.05, 3.63) is 69.4 Å². The van der Waals surface area contributed by atoms with Gasteiger partial charge >= 0.3 is 0 Å². The largest absolute Gasteiger partial charge is 0.306 e. The van der Waals surface area contributed by atoms with Crippen molar-refractivity contribution >= 4 is 15.9 Å². The summed E-state index contributed by atoms with van der Waals surface area (Å²) >= 11 is 3.42. The van der Waals surface area contributed by atoms with Crippen molar-refractivity contribution in [1.82, 2.24) is 5.32 Å². The fourth-order valence-electron chi connectivity index (χ4n) is 2.29. The predicted octanol–water partition coefficient (Wildman–Crippen LogP) is 4.85. The van der Waals surface area contributed by atoms with Crippen molar-refractivity contribution in [2.45, 2.75) is 26.3 Å². The van der Waals surface area contributed by atoms with E-state index in [1.165, 1.54) is 11.6 Å². The molecule has 0 fully saturated rings. The van der Waals surface area contributed by atoms with Gasteiger partial charge < -0.3 is 5.32 Å². The fourth-order valence-corrected chi connectivity index (χ4v) is 2.67. The zero-order valence-corrected chi connectivity index (χ0v) is 13.4. The number of hydrogen-bond donors (Lipinski definition) is 1. The average molecular weight is 336 g/mol. The maximum atomic E-state index is 14.1. The van der Waals surface area contributed by atoms with Gasteiger partial charge in [0.2, 0.25) is 0 Å². The van der Waals surface area contributed by atoms with Crippen LogP contribution in [0.2, 0.25) is 0 Å². The molecule has 1 N–H and O–H groups in total.